The Hall–Kier alpha value is -1.06. The number of benzene rings is 1. The molecule has 0 bridgehead atoms. The van der Waals surface area contributed by atoms with Crippen LogP contribution < -0.4 is 10.5 Å². The zero-order chi connectivity index (χ0) is 13.3. The van der Waals surface area contributed by atoms with Gasteiger partial charge in [-0.15, -0.1) is 0 Å². The molecular formula is C16H23NO2. The number of methoxy groups -OCH3 is 1. The summed E-state index contributed by atoms with van der Waals surface area (Å²) >= 11 is 0. The summed E-state index contributed by atoms with van der Waals surface area (Å²) in [5.74, 6) is 1.03. The maximum absolute atomic E-state index is 6.43. The van der Waals surface area contributed by atoms with Crippen LogP contribution in [0.5, 0.6) is 5.75 Å². The van der Waals surface area contributed by atoms with Crippen molar-refractivity contribution >= 4 is 0 Å². The second-order valence-corrected chi connectivity index (χ2v) is 5.84. The topological polar surface area (TPSA) is 44.5 Å². The third-order valence-corrected chi connectivity index (χ3v) is 4.65. The van der Waals surface area contributed by atoms with Crippen LogP contribution in [-0.2, 0) is 11.2 Å². The lowest BCUT2D eigenvalue weighted by Crippen LogP contribution is -2.42. The first kappa shape index (κ1) is 12.9. The standard InChI is InChI=1S/C16H23NO2/c1-18-16(8-4-9-16)11-14(17)13-7-2-5-12-6-3-10-19-15(12)13/h2,5,7,14H,3-4,6,8-11,17H2,1H3. The van der Waals surface area contributed by atoms with Crippen LogP contribution in [0.4, 0.5) is 0 Å². The number of ether oxygens (including phenoxy) is 2. The number of hydrogen-bond acceptors (Lipinski definition) is 3. The molecule has 0 amide bonds. The Balaban J connectivity index is 1.81. The highest BCUT2D eigenvalue weighted by molar-refractivity contribution is 5.44. The molecule has 0 radical (unpaired) electrons. The van der Waals surface area contributed by atoms with Crippen molar-refractivity contribution in [3.8, 4) is 5.75 Å². The third-order valence-electron chi connectivity index (χ3n) is 4.65. The van der Waals surface area contributed by atoms with E-state index in [9.17, 15) is 0 Å². The minimum absolute atomic E-state index is 0.00769. The van der Waals surface area contributed by atoms with Crippen molar-refractivity contribution in [2.45, 2.75) is 50.2 Å². The van der Waals surface area contributed by atoms with Gasteiger partial charge in [-0.1, -0.05) is 18.2 Å². The van der Waals surface area contributed by atoms with Gasteiger partial charge >= 0.3 is 0 Å². The van der Waals surface area contributed by atoms with Gasteiger partial charge in [0, 0.05) is 18.7 Å². The van der Waals surface area contributed by atoms with E-state index >= 15 is 0 Å². The van der Waals surface area contributed by atoms with Gasteiger partial charge in [-0.3, -0.25) is 0 Å². The fraction of sp³-hybridized carbons (Fsp3) is 0.625. The van der Waals surface area contributed by atoms with Gasteiger partial charge in [0.1, 0.15) is 5.75 Å². The van der Waals surface area contributed by atoms with Crippen LogP contribution in [-0.4, -0.2) is 19.3 Å². The summed E-state index contributed by atoms with van der Waals surface area (Å²) < 4.78 is 11.5. The van der Waals surface area contributed by atoms with Crippen molar-refractivity contribution < 1.29 is 9.47 Å². The van der Waals surface area contributed by atoms with E-state index in [1.165, 1.54) is 12.0 Å². The van der Waals surface area contributed by atoms with Crippen molar-refractivity contribution in [1.82, 2.24) is 0 Å². The first-order valence-electron chi connectivity index (χ1n) is 7.29. The summed E-state index contributed by atoms with van der Waals surface area (Å²) in [6.45, 7) is 0.812. The Labute approximate surface area is 115 Å². The molecule has 2 N–H and O–H groups in total. The molecule has 2 aliphatic rings. The Morgan fingerprint density at radius 2 is 2.21 bits per heavy atom. The number of fused-ring (bicyclic) bond motifs is 1. The van der Waals surface area contributed by atoms with Gasteiger partial charge in [-0.25, -0.2) is 0 Å². The predicted molar refractivity (Wildman–Crippen MR) is 75.4 cm³/mol. The Morgan fingerprint density at radius 3 is 2.89 bits per heavy atom. The zero-order valence-electron chi connectivity index (χ0n) is 11.7. The van der Waals surface area contributed by atoms with Gasteiger partial charge in [0.05, 0.1) is 12.2 Å². The van der Waals surface area contributed by atoms with Gasteiger partial charge in [0.2, 0.25) is 0 Å². The quantitative estimate of drug-likeness (QED) is 0.906. The SMILES string of the molecule is COC1(CC(N)c2cccc3c2OCCC3)CCC1. The molecule has 1 unspecified atom stereocenters. The van der Waals surface area contributed by atoms with E-state index in [0.29, 0.717) is 0 Å². The molecule has 1 aliphatic heterocycles. The van der Waals surface area contributed by atoms with E-state index in [-0.39, 0.29) is 11.6 Å². The molecule has 104 valence electrons. The van der Waals surface area contributed by atoms with E-state index in [1.807, 2.05) is 7.11 Å². The van der Waals surface area contributed by atoms with Gasteiger partial charge in [0.15, 0.2) is 0 Å². The van der Waals surface area contributed by atoms with Crippen molar-refractivity contribution in [3.05, 3.63) is 29.3 Å². The van der Waals surface area contributed by atoms with Crippen LogP contribution >= 0.6 is 0 Å². The molecule has 3 heteroatoms. The average Bonchev–Trinajstić information content (AvgIpc) is 2.42. The van der Waals surface area contributed by atoms with Crippen molar-refractivity contribution in [3.63, 3.8) is 0 Å². The van der Waals surface area contributed by atoms with Crippen LogP contribution in [0.25, 0.3) is 0 Å². The summed E-state index contributed by atoms with van der Waals surface area (Å²) in [4.78, 5) is 0. The van der Waals surface area contributed by atoms with Crippen LogP contribution in [0.2, 0.25) is 0 Å². The van der Waals surface area contributed by atoms with Crippen molar-refractivity contribution in [1.29, 1.82) is 0 Å². The van der Waals surface area contributed by atoms with Gasteiger partial charge in [0.25, 0.3) is 0 Å². The molecule has 1 aliphatic carbocycles. The lowest BCUT2D eigenvalue weighted by Gasteiger charge is -2.42. The smallest absolute Gasteiger partial charge is 0.127 e. The molecule has 1 aromatic carbocycles. The van der Waals surface area contributed by atoms with E-state index in [2.05, 4.69) is 18.2 Å². The van der Waals surface area contributed by atoms with E-state index in [0.717, 1.165) is 50.0 Å². The van der Waals surface area contributed by atoms with E-state index < -0.39 is 0 Å². The molecule has 0 spiro atoms. The Morgan fingerprint density at radius 1 is 1.37 bits per heavy atom. The summed E-state index contributed by atoms with van der Waals surface area (Å²) in [5.41, 5.74) is 8.90. The molecule has 1 aromatic rings. The van der Waals surface area contributed by atoms with Crippen LogP contribution in [0.3, 0.4) is 0 Å². The Kier molecular flexibility index (Phi) is 3.50. The number of aryl methyl sites for hydroxylation is 1. The van der Waals surface area contributed by atoms with E-state index in [1.54, 1.807) is 0 Å². The first-order chi connectivity index (χ1) is 9.24. The zero-order valence-corrected chi connectivity index (χ0v) is 11.7. The second-order valence-electron chi connectivity index (χ2n) is 5.84. The predicted octanol–water partition coefficient (Wildman–Crippen LogP) is 2.97. The minimum Gasteiger partial charge on any atom is -0.493 e. The summed E-state index contributed by atoms with van der Waals surface area (Å²) in [6, 6.07) is 6.37. The molecule has 1 heterocycles. The minimum atomic E-state index is 0.00769. The van der Waals surface area contributed by atoms with Crippen LogP contribution in [0.1, 0.15) is 49.3 Å². The lowest BCUT2D eigenvalue weighted by atomic mass is 9.74. The van der Waals surface area contributed by atoms with Crippen molar-refractivity contribution in [2.75, 3.05) is 13.7 Å². The maximum Gasteiger partial charge on any atom is 0.127 e. The summed E-state index contributed by atoms with van der Waals surface area (Å²) in [6.07, 6.45) is 6.62. The number of rotatable bonds is 4. The average molecular weight is 261 g/mol. The van der Waals surface area contributed by atoms with Crippen LogP contribution in [0, 0.1) is 0 Å². The fourth-order valence-corrected chi connectivity index (χ4v) is 3.28. The van der Waals surface area contributed by atoms with Crippen molar-refractivity contribution in [2.24, 2.45) is 5.73 Å². The van der Waals surface area contributed by atoms with Gasteiger partial charge in [-0.2, -0.15) is 0 Å². The number of para-hydroxylation sites is 1. The van der Waals surface area contributed by atoms with Crippen LogP contribution in [0.15, 0.2) is 18.2 Å². The molecule has 0 saturated heterocycles. The molecule has 19 heavy (non-hydrogen) atoms. The number of nitrogens with two attached hydrogens (primary N) is 1. The first-order valence-corrected chi connectivity index (χ1v) is 7.29. The lowest BCUT2D eigenvalue weighted by molar-refractivity contribution is -0.0817. The largest absolute Gasteiger partial charge is 0.493 e. The monoisotopic (exact) mass is 261 g/mol. The molecular weight excluding hydrogens is 238 g/mol. The molecule has 1 atom stereocenters. The normalized spacial score (nSPS) is 22.0. The van der Waals surface area contributed by atoms with Gasteiger partial charge in [-0.05, 0) is 44.1 Å². The molecule has 3 rings (SSSR count). The Bertz CT molecular complexity index is 449. The third kappa shape index (κ3) is 2.37. The molecule has 1 saturated carbocycles. The molecule has 1 fully saturated rings. The fourth-order valence-electron chi connectivity index (χ4n) is 3.28. The highest BCUT2D eigenvalue weighted by atomic mass is 16.5. The van der Waals surface area contributed by atoms with Gasteiger partial charge < -0.3 is 15.2 Å². The highest BCUT2D eigenvalue weighted by Crippen LogP contribution is 2.43. The highest BCUT2D eigenvalue weighted by Gasteiger charge is 2.39. The molecule has 3 nitrogen and oxygen atoms in total. The second kappa shape index (κ2) is 5.14. The van der Waals surface area contributed by atoms with E-state index in [4.69, 9.17) is 15.2 Å². The summed E-state index contributed by atoms with van der Waals surface area (Å²) in [5, 5.41) is 0. The number of hydrogen-bond donors (Lipinski definition) is 1. The summed E-state index contributed by atoms with van der Waals surface area (Å²) in [7, 11) is 1.81. The molecule has 0 aromatic heterocycles. The maximum atomic E-state index is 6.43.